The van der Waals surface area contributed by atoms with E-state index in [4.69, 9.17) is 0 Å². The SMILES string of the molecule is CCC(=O)N(c1ccc2ccccc2c1)C1CCNCC1. The Hall–Kier alpha value is -1.87. The van der Waals surface area contributed by atoms with Gasteiger partial charge in [0.25, 0.3) is 0 Å². The molecule has 0 atom stereocenters. The molecule has 1 heterocycles. The summed E-state index contributed by atoms with van der Waals surface area (Å²) in [6.07, 6.45) is 2.61. The van der Waals surface area contributed by atoms with Gasteiger partial charge >= 0.3 is 0 Å². The number of carbonyl (C=O) groups excluding carboxylic acids is 1. The summed E-state index contributed by atoms with van der Waals surface area (Å²) in [4.78, 5) is 14.5. The number of hydrogen-bond acceptors (Lipinski definition) is 2. The van der Waals surface area contributed by atoms with E-state index < -0.39 is 0 Å². The molecule has 3 nitrogen and oxygen atoms in total. The van der Waals surface area contributed by atoms with E-state index in [1.54, 1.807) is 0 Å². The summed E-state index contributed by atoms with van der Waals surface area (Å²) in [7, 11) is 0. The van der Waals surface area contributed by atoms with E-state index in [0.717, 1.165) is 31.6 Å². The zero-order valence-electron chi connectivity index (χ0n) is 12.5. The predicted molar refractivity (Wildman–Crippen MR) is 87.6 cm³/mol. The molecule has 0 radical (unpaired) electrons. The lowest BCUT2D eigenvalue weighted by Crippen LogP contribution is -2.46. The maximum absolute atomic E-state index is 12.5. The van der Waals surface area contributed by atoms with Crippen LogP contribution >= 0.6 is 0 Å². The average molecular weight is 282 g/mol. The Kier molecular flexibility index (Phi) is 4.20. The number of benzene rings is 2. The summed E-state index contributed by atoms with van der Waals surface area (Å²) >= 11 is 0. The number of piperidine rings is 1. The maximum Gasteiger partial charge on any atom is 0.226 e. The lowest BCUT2D eigenvalue weighted by Gasteiger charge is -2.34. The minimum atomic E-state index is 0.220. The highest BCUT2D eigenvalue weighted by Gasteiger charge is 2.25. The van der Waals surface area contributed by atoms with Gasteiger partial charge in [0.15, 0.2) is 0 Å². The smallest absolute Gasteiger partial charge is 0.226 e. The Morgan fingerprint density at radius 3 is 2.57 bits per heavy atom. The van der Waals surface area contributed by atoms with Crippen LogP contribution in [0.15, 0.2) is 42.5 Å². The molecule has 1 amide bonds. The van der Waals surface area contributed by atoms with E-state index in [1.807, 2.05) is 24.0 Å². The highest BCUT2D eigenvalue weighted by molar-refractivity contribution is 5.96. The van der Waals surface area contributed by atoms with Crippen molar-refractivity contribution in [3.05, 3.63) is 42.5 Å². The second kappa shape index (κ2) is 6.27. The summed E-state index contributed by atoms with van der Waals surface area (Å²) in [5, 5.41) is 5.78. The molecule has 0 bridgehead atoms. The molecule has 2 aromatic carbocycles. The largest absolute Gasteiger partial charge is 0.317 e. The molecule has 3 rings (SSSR count). The fourth-order valence-corrected chi connectivity index (χ4v) is 3.12. The molecule has 3 heteroatoms. The lowest BCUT2D eigenvalue weighted by atomic mass is 10.0. The fourth-order valence-electron chi connectivity index (χ4n) is 3.12. The van der Waals surface area contributed by atoms with Gasteiger partial charge in [-0.05, 0) is 48.8 Å². The molecular formula is C18H22N2O. The Morgan fingerprint density at radius 2 is 1.86 bits per heavy atom. The third-order valence-corrected chi connectivity index (χ3v) is 4.26. The summed E-state index contributed by atoms with van der Waals surface area (Å²) in [6.45, 7) is 3.93. The number of carbonyl (C=O) groups is 1. The third kappa shape index (κ3) is 2.93. The van der Waals surface area contributed by atoms with Crippen LogP contribution in [0.25, 0.3) is 10.8 Å². The lowest BCUT2D eigenvalue weighted by molar-refractivity contribution is -0.118. The number of nitrogens with zero attached hydrogens (tertiary/aromatic N) is 1. The number of anilines is 1. The van der Waals surface area contributed by atoms with E-state index in [2.05, 4.69) is 35.6 Å². The number of nitrogens with one attached hydrogen (secondary N) is 1. The van der Waals surface area contributed by atoms with Crippen LogP contribution in [0, 0.1) is 0 Å². The van der Waals surface area contributed by atoms with Gasteiger partial charge in [-0.15, -0.1) is 0 Å². The topological polar surface area (TPSA) is 32.3 Å². The predicted octanol–water partition coefficient (Wildman–Crippen LogP) is 3.33. The first kappa shape index (κ1) is 14.1. The van der Waals surface area contributed by atoms with Crippen molar-refractivity contribution >= 4 is 22.4 Å². The number of fused-ring (bicyclic) bond motifs is 1. The van der Waals surface area contributed by atoms with Gasteiger partial charge in [-0.25, -0.2) is 0 Å². The summed E-state index contributed by atoms with van der Waals surface area (Å²) in [5.41, 5.74) is 1.03. The van der Waals surface area contributed by atoms with Gasteiger partial charge in [-0.2, -0.15) is 0 Å². The van der Waals surface area contributed by atoms with Crippen LogP contribution in [-0.4, -0.2) is 25.0 Å². The van der Waals surface area contributed by atoms with Crippen LogP contribution in [0.3, 0.4) is 0 Å². The normalized spacial score (nSPS) is 16.0. The van der Waals surface area contributed by atoms with Crippen molar-refractivity contribution in [2.75, 3.05) is 18.0 Å². The van der Waals surface area contributed by atoms with E-state index in [0.29, 0.717) is 12.5 Å². The molecule has 0 aromatic heterocycles. The molecule has 0 unspecified atom stereocenters. The van der Waals surface area contributed by atoms with Gasteiger partial charge in [0.1, 0.15) is 0 Å². The van der Waals surface area contributed by atoms with Crippen molar-refractivity contribution in [3.8, 4) is 0 Å². The van der Waals surface area contributed by atoms with Crippen molar-refractivity contribution in [2.24, 2.45) is 0 Å². The van der Waals surface area contributed by atoms with Crippen LogP contribution < -0.4 is 10.2 Å². The Labute approximate surface area is 125 Å². The Balaban J connectivity index is 1.98. The number of amides is 1. The number of hydrogen-bond donors (Lipinski definition) is 1. The maximum atomic E-state index is 12.5. The van der Waals surface area contributed by atoms with E-state index >= 15 is 0 Å². The van der Waals surface area contributed by atoms with Crippen LogP contribution in [0.1, 0.15) is 26.2 Å². The van der Waals surface area contributed by atoms with Crippen molar-refractivity contribution in [2.45, 2.75) is 32.2 Å². The monoisotopic (exact) mass is 282 g/mol. The molecule has 0 spiro atoms. The van der Waals surface area contributed by atoms with Gasteiger partial charge in [0.05, 0.1) is 0 Å². The second-order valence-corrected chi connectivity index (χ2v) is 5.63. The standard InChI is InChI=1S/C18H22N2O/c1-2-18(21)20(16-9-11-19-12-10-16)17-8-7-14-5-3-4-6-15(14)13-17/h3-8,13,16,19H,2,9-12H2,1H3. The van der Waals surface area contributed by atoms with E-state index in [9.17, 15) is 4.79 Å². The zero-order chi connectivity index (χ0) is 14.7. The number of rotatable bonds is 3. The minimum absolute atomic E-state index is 0.220. The van der Waals surface area contributed by atoms with Gasteiger partial charge < -0.3 is 10.2 Å². The third-order valence-electron chi connectivity index (χ3n) is 4.26. The molecule has 0 aliphatic carbocycles. The van der Waals surface area contributed by atoms with E-state index in [1.165, 1.54) is 10.8 Å². The van der Waals surface area contributed by atoms with Crippen molar-refractivity contribution in [3.63, 3.8) is 0 Å². The summed E-state index contributed by atoms with van der Waals surface area (Å²) < 4.78 is 0. The molecule has 1 fully saturated rings. The average Bonchev–Trinajstić information content (AvgIpc) is 2.56. The molecule has 1 N–H and O–H groups in total. The van der Waals surface area contributed by atoms with Crippen LogP contribution in [0.4, 0.5) is 5.69 Å². The highest BCUT2D eigenvalue weighted by Crippen LogP contribution is 2.26. The Bertz CT molecular complexity index is 632. The molecule has 2 aromatic rings. The minimum Gasteiger partial charge on any atom is -0.317 e. The second-order valence-electron chi connectivity index (χ2n) is 5.63. The van der Waals surface area contributed by atoms with Gasteiger partial charge in [-0.1, -0.05) is 37.3 Å². The molecule has 110 valence electrons. The molecular weight excluding hydrogens is 260 g/mol. The van der Waals surface area contributed by atoms with Gasteiger partial charge in [-0.3, -0.25) is 4.79 Å². The summed E-state index contributed by atoms with van der Waals surface area (Å²) in [6, 6.07) is 15.0. The Morgan fingerprint density at radius 1 is 1.14 bits per heavy atom. The molecule has 0 saturated carbocycles. The first-order valence-corrected chi connectivity index (χ1v) is 7.81. The van der Waals surface area contributed by atoms with Gasteiger partial charge in [0, 0.05) is 18.2 Å². The molecule has 1 saturated heterocycles. The zero-order valence-corrected chi connectivity index (χ0v) is 12.5. The van der Waals surface area contributed by atoms with Crippen molar-refractivity contribution in [1.82, 2.24) is 5.32 Å². The first-order valence-electron chi connectivity index (χ1n) is 7.81. The fraction of sp³-hybridized carbons (Fsp3) is 0.389. The van der Waals surface area contributed by atoms with Crippen molar-refractivity contribution < 1.29 is 4.79 Å². The highest BCUT2D eigenvalue weighted by atomic mass is 16.2. The van der Waals surface area contributed by atoms with E-state index in [-0.39, 0.29) is 5.91 Å². The van der Waals surface area contributed by atoms with Crippen LogP contribution in [0.2, 0.25) is 0 Å². The summed E-state index contributed by atoms with van der Waals surface area (Å²) in [5.74, 6) is 0.220. The molecule has 1 aliphatic rings. The van der Waals surface area contributed by atoms with Crippen LogP contribution in [0.5, 0.6) is 0 Å². The van der Waals surface area contributed by atoms with Crippen molar-refractivity contribution in [1.29, 1.82) is 0 Å². The first-order chi connectivity index (χ1) is 10.3. The van der Waals surface area contributed by atoms with Gasteiger partial charge in [0.2, 0.25) is 5.91 Å². The quantitative estimate of drug-likeness (QED) is 0.936. The molecule has 21 heavy (non-hydrogen) atoms. The van der Waals surface area contributed by atoms with Crippen LogP contribution in [-0.2, 0) is 4.79 Å². The molecule has 1 aliphatic heterocycles.